The van der Waals surface area contributed by atoms with Gasteiger partial charge in [0, 0.05) is 0 Å². The normalized spacial score (nSPS) is 24.2. The van der Waals surface area contributed by atoms with E-state index in [2.05, 4.69) is 6.92 Å². The molecule has 12 heavy (non-hydrogen) atoms. The van der Waals surface area contributed by atoms with E-state index in [0.717, 1.165) is 5.92 Å². The summed E-state index contributed by atoms with van der Waals surface area (Å²) in [5.41, 5.74) is 0. The Kier molecular flexibility index (Phi) is 4.07. The van der Waals surface area contributed by atoms with Crippen molar-refractivity contribution in [1.29, 1.82) is 0 Å². The van der Waals surface area contributed by atoms with Gasteiger partial charge in [0.15, 0.2) is 0 Å². The van der Waals surface area contributed by atoms with Gasteiger partial charge in [-0.05, 0) is 25.2 Å². The van der Waals surface area contributed by atoms with Crippen LogP contribution in [-0.4, -0.2) is 11.2 Å². The van der Waals surface area contributed by atoms with Gasteiger partial charge in [-0.25, -0.2) is 0 Å². The first-order valence-electron chi connectivity index (χ1n) is 5.38. The van der Waals surface area contributed by atoms with Crippen molar-refractivity contribution >= 4 is 0 Å². The van der Waals surface area contributed by atoms with Crippen molar-refractivity contribution in [1.82, 2.24) is 0 Å². The molecular weight excluding hydrogens is 148 g/mol. The minimum atomic E-state index is -0.119. The van der Waals surface area contributed by atoms with E-state index in [4.69, 9.17) is 0 Å². The van der Waals surface area contributed by atoms with Gasteiger partial charge in [0.25, 0.3) is 0 Å². The van der Waals surface area contributed by atoms with Crippen molar-refractivity contribution in [2.75, 3.05) is 0 Å². The van der Waals surface area contributed by atoms with Gasteiger partial charge in [-0.3, -0.25) is 0 Å². The summed E-state index contributed by atoms with van der Waals surface area (Å²) in [6.45, 7) is 4.05. The second-order valence-corrected chi connectivity index (χ2v) is 4.45. The van der Waals surface area contributed by atoms with E-state index in [9.17, 15) is 5.11 Å². The topological polar surface area (TPSA) is 20.2 Å². The molecule has 0 spiro atoms. The SMILES string of the molecule is CC(O)C(C)CCC1CCCC1. The molecule has 1 heteroatoms. The molecule has 0 amide bonds. The lowest BCUT2D eigenvalue weighted by atomic mass is 9.93. The predicted molar refractivity (Wildman–Crippen MR) is 52.0 cm³/mol. The summed E-state index contributed by atoms with van der Waals surface area (Å²) in [4.78, 5) is 0. The number of hydrogen-bond acceptors (Lipinski definition) is 1. The standard InChI is InChI=1S/C11H22O/c1-9(10(2)12)7-8-11-5-3-4-6-11/h9-12H,3-8H2,1-2H3. The molecule has 1 saturated carbocycles. The molecule has 1 nitrogen and oxygen atoms in total. The highest BCUT2D eigenvalue weighted by atomic mass is 16.3. The van der Waals surface area contributed by atoms with Crippen LogP contribution in [0.3, 0.4) is 0 Å². The number of aliphatic hydroxyl groups excluding tert-OH is 1. The van der Waals surface area contributed by atoms with Crippen molar-refractivity contribution in [3.63, 3.8) is 0 Å². The summed E-state index contributed by atoms with van der Waals surface area (Å²) in [6, 6.07) is 0. The van der Waals surface area contributed by atoms with Gasteiger partial charge in [0.2, 0.25) is 0 Å². The first-order valence-corrected chi connectivity index (χ1v) is 5.38. The van der Waals surface area contributed by atoms with Crippen LogP contribution in [0.2, 0.25) is 0 Å². The fraction of sp³-hybridized carbons (Fsp3) is 1.00. The summed E-state index contributed by atoms with van der Waals surface area (Å²) in [7, 11) is 0. The van der Waals surface area contributed by atoms with E-state index in [1.807, 2.05) is 6.92 Å². The largest absolute Gasteiger partial charge is 0.393 e. The Balaban J connectivity index is 2.07. The van der Waals surface area contributed by atoms with E-state index in [-0.39, 0.29) is 6.10 Å². The average Bonchev–Trinajstić information content (AvgIpc) is 2.51. The van der Waals surface area contributed by atoms with Gasteiger partial charge in [0.05, 0.1) is 6.10 Å². The van der Waals surface area contributed by atoms with Gasteiger partial charge in [-0.15, -0.1) is 0 Å². The summed E-state index contributed by atoms with van der Waals surface area (Å²) < 4.78 is 0. The van der Waals surface area contributed by atoms with Crippen molar-refractivity contribution in [3.05, 3.63) is 0 Å². The van der Waals surface area contributed by atoms with Gasteiger partial charge in [0.1, 0.15) is 0 Å². The van der Waals surface area contributed by atoms with Crippen molar-refractivity contribution < 1.29 is 5.11 Å². The average molecular weight is 170 g/mol. The van der Waals surface area contributed by atoms with Gasteiger partial charge >= 0.3 is 0 Å². The Labute approximate surface area is 76.2 Å². The van der Waals surface area contributed by atoms with Crippen LogP contribution in [0.25, 0.3) is 0 Å². The molecule has 0 aliphatic heterocycles. The molecule has 0 saturated heterocycles. The lowest BCUT2D eigenvalue weighted by Crippen LogP contribution is -2.13. The van der Waals surface area contributed by atoms with E-state index < -0.39 is 0 Å². The summed E-state index contributed by atoms with van der Waals surface area (Å²) in [5, 5.41) is 9.29. The summed E-state index contributed by atoms with van der Waals surface area (Å²) in [5.74, 6) is 1.47. The fourth-order valence-corrected chi connectivity index (χ4v) is 2.04. The Bertz CT molecular complexity index is 112. The van der Waals surface area contributed by atoms with Gasteiger partial charge in [-0.1, -0.05) is 39.0 Å². The molecule has 2 unspecified atom stereocenters. The third-order valence-electron chi connectivity index (χ3n) is 3.33. The van der Waals surface area contributed by atoms with Crippen LogP contribution in [0.4, 0.5) is 0 Å². The van der Waals surface area contributed by atoms with Crippen LogP contribution in [0.15, 0.2) is 0 Å². The van der Waals surface area contributed by atoms with Crippen LogP contribution >= 0.6 is 0 Å². The number of rotatable bonds is 4. The van der Waals surface area contributed by atoms with Crippen molar-refractivity contribution in [3.8, 4) is 0 Å². The molecular formula is C11H22O. The molecule has 0 aromatic heterocycles. The Morgan fingerprint density at radius 2 is 1.83 bits per heavy atom. The molecule has 2 atom stereocenters. The third kappa shape index (κ3) is 3.14. The predicted octanol–water partition coefficient (Wildman–Crippen LogP) is 2.97. The highest BCUT2D eigenvalue weighted by molar-refractivity contribution is 4.69. The first kappa shape index (κ1) is 10.0. The lowest BCUT2D eigenvalue weighted by molar-refractivity contribution is 0.125. The van der Waals surface area contributed by atoms with Gasteiger partial charge in [-0.2, -0.15) is 0 Å². The van der Waals surface area contributed by atoms with Crippen molar-refractivity contribution in [2.45, 2.75) is 58.5 Å². The Morgan fingerprint density at radius 1 is 1.25 bits per heavy atom. The summed E-state index contributed by atoms with van der Waals surface area (Å²) in [6.07, 6.45) is 8.18. The highest BCUT2D eigenvalue weighted by Gasteiger charge is 2.17. The Morgan fingerprint density at radius 3 is 2.33 bits per heavy atom. The molecule has 1 N–H and O–H groups in total. The zero-order chi connectivity index (χ0) is 8.97. The zero-order valence-electron chi connectivity index (χ0n) is 8.42. The molecule has 0 aromatic rings. The maximum Gasteiger partial charge on any atom is 0.0537 e. The second-order valence-electron chi connectivity index (χ2n) is 4.45. The van der Waals surface area contributed by atoms with E-state index in [1.54, 1.807) is 0 Å². The minimum Gasteiger partial charge on any atom is -0.393 e. The maximum atomic E-state index is 9.29. The molecule has 1 fully saturated rings. The van der Waals surface area contributed by atoms with Crippen LogP contribution in [0.5, 0.6) is 0 Å². The highest BCUT2D eigenvalue weighted by Crippen LogP contribution is 2.30. The molecule has 1 aliphatic carbocycles. The number of hydrogen-bond donors (Lipinski definition) is 1. The number of aliphatic hydroxyl groups is 1. The Hall–Kier alpha value is -0.0400. The van der Waals surface area contributed by atoms with E-state index in [0.29, 0.717) is 5.92 Å². The van der Waals surface area contributed by atoms with Crippen LogP contribution in [0.1, 0.15) is 52.4 Å². The maximum absolute atomic E-state index is 9.29. The molecule has 1 aliphatic rings. The van der Waals surface area contributed by atoms with E-state index in [1.165, 1.54) is 38.5 Å². The third-order valence-corrected chi connectivity index (χ3v) is 3.33. The molecule has 0 aromatic carbocycles. The van der Waals surface area contributed by atoms with Crippen LogP contribution in [0, 0.1) is 11.8 Å². The molecule has 0 heterocycles. The monoisotopic (exact) mass is 170 g/mol. The zero-order valence-corrected chi connectivity index (χ0v) is 8.42. The van der Waals surface area contributed by atoms with Crippen molar-refractivity contribution in [2.24, 2.45) is 11.8 Å². The van der Waals surface area contributed by atoms with Crippen LogP contribution < -0.4 is 0 Å². The molecule has 0 radical (unpaired) electrons. The summed E-state index contributed by atoms with van der Waals surface area (Å²) >= 11 is 0. The second kappa shape index (κ2) is 4.86. The molecule has 1 rings (SSSR count). The lowest BCUT2D eigenvalue weighted by Gasteiger charge is -2.16. The first-order chi connectivity index (χ1) is 5.70. The molecule has 0 bridgehead atoms. The molecule has 72 valence electrons. The van der Waals surface area contributed by atoms with Crippen LogP contribution in [-0.2, 0) is 0 Å². The quantitative estimate of drug-likeness (QED) is 0.687. The minimum absolute atomic E-state index is 0.119. The smallest absolute Gasteiger partial charge is 0.0537 e. The van der Waals surface area contributed by atoms with E-state index >= 15 is 0 Å². The fourth-order valence-electron chi connectivity index (χ4n) is 2.04. The van der Waals surface area contributed by atoms with Gasteiger partial charge < -0.3 is 5.11 Å².